The molecule has 2 rings (SSSR count). The maximum absolute atomic E-state index is 12.5. The largest absolute Gasteiger partial charge is 0.490 e. The maximum Gasteiger partial charge on any atom is 0.259 e. The number of ether oxygens (including phenoxy) is 1. The van der Waals surface area contributed by atoms with E-state index >= 15 is 0 Å². The molecule has 0 saturated carbocycles. The molecule has 0 aliphatic heterocycles. The summed E-state index contributed by atoms with van der Waals surface area (Å²) in [5, 5.41) is 5.70. The number of amides is 2. The summed E-state index contributed by atoms with van der Waals surface area (Å²) in [4.78, 5) is 24.3. The molecule has 0 spiro atoms. The zero-order chi connectivity index (χ0) is 19.1. The van der Waals surface area contributed by atoms with E-state index in [1.807, 2.05) is 33.8 Å². The molecule has 0 radical (unpaired) electrons. The summed E-state index contributed by atoms with van der Waals surface area (Å²) in [5.74, 6) is 0.605. The van der Waals surface area contributed by atoms with E-state index in [0.717, 1.165) is 0 Å². The lowest BCUT2D eigenvalue weighted by Crippen LogP contribution is -2.16. The van der Waals surface area contributed by atoms with Crippen LogP contribution in [0.15, 0.2) is 48.5 Å². The lowest BCUT2D eigenvalue weighted by atomic mass is 10.1. The number of benzene rings is 2. The smallest absolute Gasteiger partial charge is 0.259 e. The van der Waals surface area contributed by atoms with Crippen LogP contribution in [0.5, 0.6) is 5.75 Å². The minimum absolute atomic E-state index is 0.0160. The topological polar surface area (TPSA) is 67.4 Å². The van der Waals surface area contributed by atoms with Crippen LogP contribution in [0.3, 0.4) is 0 Å². The van der Waals surface area contributed by atoms with Gasteiger partial charge in [-0.05, 0) is 56.2 Å². The quantitative estimate of drug-likeness (QED) is 0.756. The van der Waals surface area contributed by atoms with Crippen LogP contribution in [0.1, 0.15) is 44.5 Å². The van der Waals surface area contributed by atoms with Crippen molar-refractivity contribution in [2.45, 2.75) is 40.2 Å². The average molecular weight is 354 g/mol. The Morgan fingerprint density at radius 3 is 2.04 bits per heavy atom. The van der Waals surface area contributed by atoms with E-state index in [-0.39, 0.29) is 17.9 Å². The minimum atomic E-state index is -0.238. The Morgan fingerprint density at radius 1 is 0.885 bits per heavy atom. The van der Waals surface area contributed by atoms with Crippen LogP contribution in [-0.2, 0) is 4.79 Å². The van der Waals surface area contributed by atoms with Gasteiger partial charge in [0.25, 0.3) is 5.91 Å². The molecule has 2 aromatic carbocycles. The maximum atomic E-state index is 12.5. The van der Waals surface area contributed by atoms with E-state index in [9.17, 15) is 9.59 Å². The van der Waals surface area contributed by atoms with Crippen LogP contribution in [0.25, 0.3) is 0 Å². The molecule has 0 unspecified atom stereocenters. The SMILES string of the molecule is CC(C)CC(=O)Nc1ccc(NC(=O)c2ccccc2OC(C)C)cc1. The third kappa shape index (κ3) is 5.92. The van der Waals surface area contributed by atoms with Gasteiger partial charge in [0.05, 0.1) is 11.7 Å². The zero-order valence-electron chi connectivity index (χ0n) is 15.7. The molecule has 0 fully saturated rings. The fourth-order valence-corrected chi connectivity index (χ4v) is 2.43. The highest BCUT2D eigenvalue weighted by Crippen LogP contribution is 2.21. The van der Waals surface area contributed by atoms with Gasteiger partial charge in [-0.15, -0.1) is 0 Å². The van der Waals surface area contributed by atoms with Crippen molar-refractivity contribution < 1.29 is 14.3 Å². The molecule has 2 aromatic rings. The van der Waals surface area contributed by atoms with Gasteiger partial charge in [0.2, 0.25) is 5.91 Å². The highest BCUT2D eigenvalue weighted by atomic mass is 16.5. The third-order valence-electron chi connectivity index (χ3n) is 3.51. The van der Waals surface area contributed by atoms with E-state index in [1.165, 1.54) is 0 Å². The molecule has 0 aliphatic rings. The van der Waals surface area contributed by atoms with Gasteiger partial charge < -0.3 is 15.4 Å². The Kier molecular flexibility index (Phi) is 6.78. The van der Waals surface area contributed by atoms with Gasteiger partial charge in [0, 0.05) is 17.8 Å². The predicted molar refractivity (Wildman–Crippen MR) is 105 cm³/mol. The number of hydrogen-bond acceptors (Lipinski definition) is 3. The third-order valence-corrected chi connectivity index (χ3v) is 3.51. The van der Waals surface area contributed by atoms with Crippen LogP contribution >= 0.6 is 0 Å². The van der Waals surface area contributed by atoms with Gasteiger partial charge >= 0.3 is 0 Å². The molecular weight excluding hydrogens is 328 g/mol. The number of hydrogen-bond donors (Lipinski definition) is 2. The number of carbonyl (C=O) groups is 2. The first-order valence-corrected chi connectivity index (χ1v) is 8.82. The number of rotatable bonds is 7. The second-order valence-corrected chi connectivity index (χ2v) is 6.84. The molecule has 0 aliphatic carbocycles. The Balaban J connectivity index is 2.03. The first-order chi connectivity index (χ1) is 12.3. The van der Waals surface area contributed by atoms with E-state index in [4.69, 9.17) is 4.74 Å². The van der Waals surface area contributed by atoms with Gasteiger partial charge in [-0.1, -0.05) is 26.0 Å². The fourth-order valence-electron chi connectivity index (χ4n) is 2.43. The first kappa shape index (κ1) is 19.5. The molecule has 138 valence electrons. The molecule has 0 atom stereocenters. The van der Waals surface area contributed by atoms with Crippen LogP contribution in [0.4, 0.5) is 11.4 Å². The Hall–Kier alpha value is -2.82. The zero-order valence-corrected chi connectivity index (χ0v) is 15.7. The highest BCUT2D eigenvalue weighted by molar-refractivity contribution is 6.06. The molecule has 2 N–H and O–H groups in total. The van der Waals surface area contributed by atoms with Gasteiger partial charge in [-0.3, -0.25) is 9.59 Å². The molecule has 0 saturated heterocycles. The van der Waals surface area contributed by atoms with Gasteiger partial charge in [0.1, 0.15) is 5.75 Å². The molecular formula is C21H26N2O3. The van der Waals surface area contributed by atoms with Crippen molar-refractivity contribution in [2.75, 3.05) is 10.6 Å². The van der Waals surface area contributed by atoms with E-state index in [2.05, 4.69) is 10.6 Å². The van der Waals surface area contributed by atoms with E-state index < -0.39 is 0 Å². The molecule has 0 aromatic heterocycles. The van der Waals surface area contributed by atoms with Gasteiger partial charge in [-0.2, -0.15) is 0 Å². The summed E-state index contributed by atoms with van der Waals surface area (Å²) >= 11 is 0. The summed E-state index contributed by atoms with van der Waals surface area (Å²) < 4.78 is 5.69. The van der Waals surface area contributed by atoms with Crippen LogP contribution in [0.2, 0.25) is 0 Å². The molecule has 5 nitrogen and oxygen atoms in total. The second kappa shape index (κ2) is 9.04. The molecule has 5 heteroatoms. The van der Waals surface area contributed by atoms with E-state index in [0.29, 0.717) is 35.0 Å². The first-order valence-electron chi connectivity index (χ1n) is 8.82. The van der Waals surface area contributed by atoms with Crippen molar-refractivity contribution in [3.63, 3.8) is 0 Å². The van der Waals surface area contributed by atoms with Crippen LogP contribution in [-0.4, -0.2) is 17.9 Å². The summed E-state index contributed by atoms with van der Waals surface area (Å²) in [7, 11) is 0. The van der Waals surface area contributed by atoms with Gasteiger partial charge in [-0.25, -0.2) is 0 Å². The summed E-state index contributed by atoms with van der Waals surface area (Å²) in [5.41, 5.74) is 1.84. The van der Waals surface area contributed by atoms with Gasteiger partial charge in [0.15, 0.2) is 0 Å². The van der Waals surface area contributed by atoms with Crippen LogP contribution < -0.4 is 15.4 Å². The minimum Gasteiger partial charge on any atom is -0.490 e. The normalized spacial score (nSPS) is 10.7. The van der Waals surface area contributed by atoms with Crippen molar-refractivity contribution in [2.24, 2.45) is 5.92 Å². The second-order valence-electron chi connectivity index (χ2n) is 6.84. The summed E-state index contributed by atoms with van der Waals surface area (Å²) in [6, 6.07) is 14.2. The van der Waals surface area contributed by atoms with Crippen molar-refractivity contribution in [3.8, 4) is 5.75 Å². The number of carbonyl (C=O) groups excluding carboxylic acids is 2. The molecule has 0 heterocycles. The standard InChI is InChI=1S/C21H26N2O3/c1-14(2)13-20(24)22-16-9-11-17(12-10-16)23-21(25)18-7-5-6-8-19(18)26-15(3)4/h5-12,14-15H,13H2,1-4H3,(H,22,24)(H,23,25). The number of anilines is 2. The molecule has 26 heavy (non-hydrogen) atoms. The molecule has 0 bridgehead atoms. The highest BCUT2D eigenvalue weighted by Gasteiger charge is 2.13. The Bertz CT molecular complexity index is 752. The lowest BCUT2D eigenvalue weighted by molar-refractivity contribution is -0.116. The number of nitrogens with one attached hydrogen (secondary N) is 2. The van der Waals surface area contributed by atoms with Crippen molar-refractivity contribution in [3.05, 3.63) is 54.1 Å². The van der Waals surface area contributed by atoms with E-state index in [1.54, 1.807) is 42.5 Å². The fraction of sp³-hybridized carbons (Fsp3) is 0.333. The molecule has 2 amide bonds. The lowest BCUT2D eigenvalue weighted by Gasteiger charge is -2.14. The monoisotopic (exact) mass is 354 g/mol. The summed E-state index contributed by atoms with van der Waals surface area (Å²) in [6.45, 7) is 7.83. The van der Waals surface area contributed by atoms with Crippen LogP contribution in [0, 0.1) is 5.92 Å². The predicted octanol–water partition coefficient (Wildman–Crippen LogP) is 4.71. The van der Waals surface area contributed by atoms with Crippen molar-refractivity contribution in [1.29, 1.82) is 0 Å². The Labute approximate surface area is 154 Å². The number of para-hydroxylation sites is 1. The summed E-state index contributed by atoms with van der Waals surface area (Å²) in [6.07, 6.45) is 0.461. The van der Waals surface area contributed by atoms with Crippen molar-refractivity contribution in [1.82, 2.24) is 0 Å². The van der Waals surface area contributed by atoms with Crippen molar-refractivity contribution >= 4 is 23.2 Å². The average Bonchev–Trinajstić information content (AvgIpc) is 2.55. The Morgan fingerprint density at radius 2 is 1.46 bits per heavy atom.